The van der Waals surface area contributed by atoms with E-state index in [4.69, 9.17) is 28.4 Å². The van der Waals surface area contributed by atoms with Gasteiger partial charge in [-0.3, -0.25) is 19.2 Å². The lowest BCUT2D eigenvalue weighted by Crippen LogP contribution is -2.34. The summed E-state index contributed by atoms with van der Waals surface area (Å²) in [6, 6.07) is 7.28. The van der Waals surface area contributed by atoms with Gasteiger partial charge in [0.1, 0.15) is 0 Å². The van der Waals surface area contributed by atoms with Crippen molar-refractivity contribution in [2.24, 2.45) is 0 Å². The topological polar surface area (TPSA) is 172 Å². The smallest absolute Gasteiger partial charge is 0.251 e. The molecule has 2 rings (SSSR count). The zero-order valence-electron chi connectivity index (χ0n) is 77.5. The molecule has 4 N–H and O–H groups in total. The summed E-state index contributed by atoms with van der Waals surface area (Å²) in [5.74, 6) is 15.0. The van der Waals surface area contributed by atoms with E-state index in [1.807, 2.05) is 24.3 Å². The Labute approximate surface area is 726 Å². The van der Waals surface area contributed by atoms with Crippen molar-refractivity contribution in [3.05, 3.63) is 35.4 Å². The lowest BCUT2D eigenvalue weighted by atomic mass is 10.1. The van der Waals surface area contributed by atoms with Gasteiger partial charge in [0.25, 0.3) is 11.8 Å². The molecule has 0 heterocycles. The third kappa shape index (κ3) is 65.9. The molecular formula is C104H182N4O10. The number of rotatable bonds is 88. The number of carbonyl (C=O) groups is 4. The molecule has 14 nitrogen and oxygen atoms in total. The second-order valence-electron chi connectivity index (χ2n) is 34.0. The van der Waals surface area contributed by atoms with Crippen LogP contribution in [0.2, 0.25) is 0 Å². The van der Waals surface area contributed by atoms with Gasteiger partial charge in [0.05, 0.1) is 39.6 Å². The number of hydrogen-bond acceptors (Lipinski definition) is 10. The van der Waals surface area contributed by atoms with Gasteiger partial charge in [0, 0.05) is 63.0 Å². The lowest BCUT2D eigenvalue weighted by Gasteiger charge is -2.19. The van der Waals surface area contributed by atoms with E-state index in [0.717, 1.165) is 89.9 Å². The van der Waals surface area contributed by atoms with Crippen molar-refractivity contribution in [1.29, 1.82) is 0 Å². The highest BCUT2D eigenvalue weighted by atomic mass is 16.5. The van der Waals surface area contributed by atoms with E-state index < -0.39 is 0 Å². The van der Waals surface area contributed by atoms with Crippen molar-refractivity contribution < 1.29 is 47.6 Å². The van der Waals surface area contributed by atoms with Crippen molar-refractivity contribution in [3.63, 3.8) is 0 Å². The van der Waals surface area contributed by atoms with Gasteiger partial charge in [-0.05, 0) is 100 Å². The average Bonchev–Trinajstić information content (AvgIpc) is 0.821. The standard InChI is InChI=1S/C104H182N4O10/c1-7-13-19-25-31-37-47-55-63-71-83-113-95-89-93(90-96(114-84-72-64-56-48-38-32-26-20-14-8-2)101(95)117-87-75-67-59-51-41-35-29-23-17-11-5)103(111)107-81-79-105-99(109)77-69-61-53-45-43-44-46-54-62-70-78-100(110)106-80-82-108-104(112)94-91-97(115-85-73-65-57-49-39-33-27-21-15-9-3)102(118-88-76-68-60-52-42-36-30-24-18-12-6)98(92-94)116-86-74-66-58-50-40-34-28-22-16-10-4/h89-92H,7-42,47-88H2,1-6H3,(H,105,109)(H,106,110)(H,107,111)(H,108,112). The highest BCUT2D eigenvalue weighted by Gasteiger charge is 2.22. The van der Waals surface area contributed by atoms with Gasteiger partial charge in [0.15, 0.2) is 23.0 Å². The largest absolute Gasteiger partial charge is 0.490 e. The minimum atomic E-state index is -0.245. The van der Waals surface area contributed by atoms with Crippen LogP contribution in [-0.4, -0.2) is 89.4 Å². The maximum Gasteiger partial charge on any atom is 0.251 e. The van der Waals surface area contributed by atoms with E-state index in [-0.39, 0.29) is 36.7 Å². The van der Waals surface area contributed by atoms with Crippen molar-refractivity contribution in [1.82, 2.24) is 21.3 Å². The third-order valence-electron chi connectivity index (χ3n) is 22.7. The summed E-state index contributed by atoms with van der Waals surface area (Å²) in [6.07, 6.45) is 79.6. The van der Waals surface area contributed by atoms with Crippen LogP contribution >= 0.6 is 0 Å². The first-order chi connectivity index (χ1) is 58.2. The second kappa shape index (κ2) is 84.8. The first-order valence-electron chi connectivity index (χ1n) is 50.4. The van der Waals surface area contributed by atoms with E-state index in [9.17, 15) is 19.2 Å². The molecule has 0 aliphatic carbocycles. The summed E-state index contributed by atoms with van der Waals surface area (Å²) >= 11 is 0. The van der Waals surface area contributed by atoms with Crippen LogP contribution < -0.4 is 49.7 Å². The number of ether oxygens (including phenoxy) is 6. The fourth-order valence-electron chi connectivity index (χ4n) is 15.1. The molecule has 0 saturated heterocycles. The molecule has 0 aromatic heterocycles. The monoisotopic (exact) mass is 1650 g/mol. The van der Waals surface area contributed by atoms with Gasteiger partial charge in [-0.2, -0.15) is 0 Å². The van der Waals surface area contributed by atoms with Gasteiger partial charge in [-0.25, -0.2) is 0 Å². The predicted octanol–water partition coefficient (Wildman–Crippen LogP) is 29.0. The Morgan fingerprint density at radius 3 is 0.627 bits per heavy atom. The molecule has 0 fully saturated rings. The van der Waals surface area contributed by atoms with Crippen LogP contribution in [0.1, 0.15) is 499 Å². The Balaban J connectivity index is 1.93. The first kappa shape index (κ1) is 108. The quantitative estimate of drug-likeness (QED) is 0.0369. The van der Waals surface area contributed by atoms with Crippen molar-refractivity contribution >= 4 is 23.6 Å². The Bertz CT molecular complexity index is 2510. The third-order valence-corrected chi connectivity index (χ3v) is 22.7. The minimum absolute atomic E-state index is 0.0581. The van der Waals surface area contributed by atoms with Crippen molar-refractivity contribution in [2.75, 3.05) is 65.8 Å². The van der Waals surface area contributed by atoms with Gasteiger partial charge in [-0.1, -0.05) is 400 Å². The fourth-order valence-corrected chi connectivity index (χ4v) is 15.1. The van der Waals surface area contributed by atoms with Crippen LogP contribution in [0.5, 0.6) is 34.5 Å². The summed E-state index contributed by atoms with van der Waals surface area (Å²) in [4.78, 5) is 53.7. The molecule has 14 heteroatoms. The molecule has 678 valence electrons. The van der Waals surface area contributed by atoms with Crippen LogP contribution in [0.25, 0.3) is 0 Å². The highest BCUT2D eigenvalue weighted by Crippen LogP contribution is 2.42. The lowest BCUT2D eigenvalue weighted by molar-refractivity contribution is -0.122. The maximum absolute atomic E-state index is 13.9. The first-order valence-corrected chi connectivity index (χ1v) is 50.4. The van der Waals surface area contributed by atoms with Crippen LogP contribution in [0.15, 0.2) is 24.3 Å². The Hall–Kier alpha value is -5.76. The molecule has 2 aromatic carbocycles. The molecule has 118 heavy (non-hydrogen) atoms. The molecule has 0 atom stereocenters. The SMILES string of the molecule is CCCCCCCCCCCCOc1cc(C(=O)NCCNC(=O)CCCCC#CC#CCCCCC(=O)NCCNC(=O)c2cc(OCCCCCCCCCCCC)c(OCCCCCCCCCCCC)c(OCCCCCCCCCCCC)c2)cc(OCCCCCCCCCCCC)c1OCCCCCCCCCCCC. The molecule has 0 spiro atoms. The highest BCUT2D eigenvalue weighted by molar-refractivity contribution is 5.96. The van der Waals surface area contributed by atoms with E-state index >= 15 is 0 Å². The normalized spacial score (nSPS) is 11.1. The number of carbonyl (C=O) groups excluding carboxylic acids is 4. The van der Waals surface area contributed by atoms with Crippen LogP contribution in [0, 0.1) is 23.7 Å². The summed E-state index contributed by atoms with van der Waals surface area (Å²) in [5.41, 5.74) is 0.914. The Kier molecular flexibility index (Phi) is 77.9. The number of unbranched alkanes of at least 4 members (excludes halogenated alkanes) is 58. The van der Waals surface area contributed by atoms with E-state index in [0.29, 0.717) is 137 Å². The molecule has 0 saturated carbocycles. The van der Waals surface area contributed by atoms with Gasteiger partial charge < -0.3 is 49.7 Å². The van der Waals surface area contributed by atoms with Crippen LogP contribution in [0.3, 0.4) is 0 Å². The minimum Gasteiger partial charge on any atom is -0.490 e. The molecule has 0 aliphatic rings. The molecule has 0 unspecified atom stereocenters. The maximum atomic E-state index is 13.9. The Morgan fingerprint density at radius 1 is 0.229 bits per heavy atom. The van der Waals surface area contributed by atoms with Gasteiger partial charge in [0.2, 0.25) is 23.3 Å². The summed E-state index contributed by atoms with van der Waals surface area (Å²) in [7, 11) is 0. The molecule has 4 amide bonds. The zero-order valence-corrected chi connectivity index (χ0v) is 77.5. The van der Waals surface area contributed by atoms with Crippen LogP contribution in [0.4, 0.5) is 0 Å². The summed E-state index contributed by atoms with van der Waals surface area (Å²) < 4.78 is 39.4. The molecular weight excluding hydrogens is 1470 g/mol. The van der Waals surface area contributed by atoms with E-state index in [2.05, 4.69) is 86.5 Å². The van der Waals surface area contributed by atoms with Gasteiger partial charge >= 0.3 is 0 Å². The second-order valence-corrected chi connectivity index (χ2v) is 34.0. The number of benzene rings is 2. The average molecular weight is 1650 g/mol. The molecule has 0 aliphatic heterocycles. The van der Waals surface area contributed by atoms with E-state index in [1.165, 1.54) is 308 Å². The molecule has 0 radical (unpaired) electrons. The number of amides is 4. The van der Waals surface area contributed by atoms with Gasteiger partial charge in [-0.15, -0.1) is 0 Å². The van der Waals surface area contributed by atoms with Crippen molar-refractivity contribution in [2.45, 2.75) is 478 Å². The molecule has 0 bridgehead atoms. The fraction of sp³-hybridized carbons (Fsp3) is 0.808. The number of hydrogen-bond donors (Lipinski definition) is 4. The summed E-state index contributed by atoms with van der Waals surface area (Å²) in [5, 5.41) is 12.0. The molecule has 2 aromatic rings. The zero-order chi connectivity index (χ0) is 84.8. The Morgan fingerprint density at radius 2 is 0.415 bits per heavy atom. The van der Waals surface area contributed by atoms with Crippen molar-refractivity contribution in [3.8, 4) is 58.2 Å². The van der Waals surface area contributed by atoms with Crippen LogP contribution in [-0.2, 0) is 9.59 Å². The summed E-state index contributed by atoms with van der Waals surface area (Å²) in [6.45, 7) is 18.1. The predicted molar refractivity (Wildman–Crippen MR) is 500 cm³/mol. The number of nitrogens with one attached hydrogen (secondary N) is 4. The van der Waals surface area contributed by atoms with E-state index in [1.54, 1.807) is 0 Å².